The van der Waals surface area contributed by atoms with Gasteiger partial charge < -0.3 is 10.6 Å². The van der Waals surface area contributed by atoms with Gasteiger partial charge in [-0.2, -0.15) is 0 Å². The number of anilines is 1. The maximum absolute atomic E-state index is 12.0. The van der Waals surface area contributed by atoms with Crippen molar-refractivity contribution in [1.29, 1.82) is 0 Å². The number of likely N-dealkylation sites (N-methyl/N-ethyl adjacent to an activating group) is 1. The third-order valence-corrected chi connectivity index (χ3v) is 3.55. The fourth-order valence-corrected chi connectivity index (χ4v) is 2.42. The van der Waals surface area contributed by atoms with Crippen LogP contribution in [0.5, 0.6) is 0 Å². The maximum Gasteiger partial charge on any atom is 0.246 e. The van der Waals surface area contributed by atoms with Gasteiger partial charge in [0, 0.05) is 24.9 Å². The highest BCUT2D eigenvalue weighted by atomic mass is 16.2. The first-order valence-corrected chi connectivity index (χ1v) is 6.47. The van der Waals surface area contributed by atoms with Gasteiger partial charge in [0.05, 0.1) is 0 Å². The van der Waals surface area contributed by atoms with Crippen molar-refractivity contribution in [1.82, 2.24) is 4.90 Å². The molecule has 1 aromatic rings. The molecule has 0 unspecified atom stereocenters. The van der Waals surface area contributed by atoms with Gasteiger partial charge >= 0.3 is 0 Å². The minimum absolute atomic E-state index is 0.0734. The first kappa shape index (κ1) is 12.7. The molecule has 0 aromatic heterocycles. The van der Waals surface area contributed by atoms with Crippen molar-refractivity contribution < 1.29 is 4.79 Å². The smallest absolute Gasteiger partial charge is 0.246 e. The standard InChI is InChI=1S/C15H20N2O/c1-17(14-7-2-3-8-14)15(18)10-9-12-5-4-6-13(16)11-12/h4-6,9-11,14H,2-3,7-8,16H2,1H3/b10-9+. The van der Waals surface area contributed by atoms with Crippen molar-refractivity contribution in [2.45, 2.75) is 31.7 Å². The minimum Gasteiger partial charge on any atom is -0.399 e. The molecule has 2 N–H and O–H groups in total. The van der Waals surface area contributed by atoms with Gasteiger partial charge in [-0.3, -0.25) is 4.79 Å². The van der Waals surface area contributed by atoms with E-state index < -0.39 is 0 Å². The number of carbonyl (C=O) groups is 1. The molecule has 3 heteroatoms. The molecule has 0 saturated heterocycles. The number of rotatable bonds is 3. The SMILES string of the molecule is CN(C(=O)/C=C/c1cccc(N)c1)C1CCCC1. The Morgan fingerprint density at radius 1 is 1.39 bits per heavy atom. The molecule has 2 rings (SSSR count). The summed E-state index contributed by atoms with van der Waals surface area (Å²) in [5, 5.41) is 0. The number of hydrogen-bond acceptors (Lipinski definition) is 2. The van der Waals surface area contributed by atoms with Crippen LogP contribution in [0.1, 0.15) is 31.2 Å². The number of amides is 1. The number of nitrogens with two attached hydrogens (primary N) is 1. The first-order valence-electron chi connectivity index (χ1n) is 6.47. The van der Waals surface area contributed by atoms with Gasteiger partial charge in [0.2, 0.25) is 5.91 Å². The first-order chi connectivity index (χ1) is 8.66. The fourth-order valence-electron chi connectivity index (χ4n) is 2.42. The summed E-state index contributed by atoms with van der Waals surface area (Å²) in [5.41, 5.74) is 7.37. The van der Waals surface area contributed by atoms with E-state index in [-0.39, 0.29) is 5.91 Å². The normalized spacial score (nSPS) is 16.3. The quantitative estimate of drug-likeness (QED) is 0.656. The van der Waals surface area contributed by atoms with Crippen molar-refractivity contribution in [2.75, 3.05) is 12.8 Å². The van der Waals surface area contributed by atoms with Crippen LogP contribution in [0.25, 0.3) is 6.08 Å². The van der Waals surface area contributed by atoms with Gasteiger partial charge in [-0.05, 0) is 36.6 Å². The summed E-state index contributed by atoms with van der Waals surface area (Å²) < 4.78 is 0. The molecule has 1 aliphatic carbocycles. The average molecular weight is 244 g/mol. The summed E-state index contributed by atoms with van der Waals surface area (Å²) >= 11 is 0. The predicted molar refractivity (Wildman–Crippen MR) is 74.9 cm³/mol. The molecule has 3 nitrogen and oxygen atoms in total. The molecule has 0 aliphatic heterocycles. The maximum atomic E-state index is 12.0. The van der Waals surface area contributed by atoms with Crippen LogP contribution in [-0.4, -0.2) is 23.9 Å². The van der Waals surface area contributed by atoms with Crippen LogP contribution in [0.15, 0.2) is 30.3 Å². The Bertz CT molecular complexity index is 448. The van der Waals surface area contributed by atoms with Crippen molar-refractivity contribution in [3.63, 3.8) is 0 Å². The number of nitrogens with zero attached hydrogens (tertiary/aromatic N) is 1. The highest BCUT2D eigenvalue weighted by Crippen LogP contribution is 2.22. The second-order valence-corrected chi connectivity index (χ2v) is 4.89. The van der Waals surface area contributed by atoms with Crippen LogP contribution in [0, 0.1) is 0 Å². The molecular weight excluding hydrogens is 224 g/mol. The van der Waals surface area contributed by atoms with Crippen LogP contribution >= 0.6 is 0 Å². The average Bonchev–Trinajstić information content (AvgIpc) is 2.89. The lowest BCUT2D eigenvalue weighted by Gasteiger charge is -2.22. The van der Waals surface area contributed by atoms with E-state index in [0.717, 1.165) is 18.4 Å². The summed E-state index contributed by atoms with van der Waals surface area (Å²) in [6, 6.07) is 7.95. The second kappa shape index (κ2) is 5.71. The van der Waals surface area contributed by atoms with E-state index in [9.17, 15) is 4.79 Å². The van der Waals surface area contributed by atoms with Gasteiger partial charge in [0.25, 0.3) is 0 Å². The molecule has 96 valence electrons. The van der Waals surface area contributed by atoms with Gasteiger partial charge in [0.1, 0.15) is 0 Å². The Labute approximate surface area is 108 Å². The van der Waals surface area contributed by atoms with E-state index in [4.69, 9.17) is 5.73 Å². The lowest BCUT2D eigenvalue weighted by Crippen LogP contribution is -2.33. The van der Waals surface area contributed by atoms with Gasteiger partial charge in [-0.25, -0.2) is 0 Å². The second-order valence-electron chi connectivity index (χ2n) is 4.89. The number of carbonyl (C=O) groups excluding carboxylic acids is 1. The zero-order valence-electron chi connectivity index (χ0n) is 10.8. The van der Waals surface area contributed by atoms with Crippen molar-refractivity contribution in [2.24, 2.45) is 0 Å². The summed E-state index contributed by atoms with van der Waals surface area (Å²) in [5.74, 6) is 0.0734. The lowest BCUT2D eigenvalue weighted by atomic mass is 10.2. The van der Waals surface area contributed by atoms with Crippen LogP contribution in [0.2, 0.25) is 0 Å². The van der Waals surface area contributed by atoms with Gasteiger partial charge in [0.15, 0.2) is 0 Å². The fraction of sp³-hybridized carbons (Fsp3) is 0.400. The van der Waals surface area contributed by atoms with E-state index in [0.29, 0.717) is 11.7 Å². The van der Waals surface area contributed by atoms with E-state index in [2.05, 4.69) is 0 Å². The zero-order valence-corrected chi connectivity index (χ0v) is 10.8. The van der Waals surface area contributed by atoms with E-state index >= 15 is 0 Å². The summed E-state index contributed by atoms with van der Waals surface area (Å²) in [4.78, 5) is 13.9. The summed E-state index contributed by atoms with van der Waals surface area (Å²) in [6.07, 6.45) is 8.20. The Morgan fingerprint density at radius 3 is 2.78 bits per heavy atom. The third kappa shape index (κ3) is 3.13. The summed E-state index contributed by atoms with van der Waals surface area (Å²) in [7, 11) is 1.89. The molecule has 0 spiro atoms. The molecule has 18 heavy (non-hydrogen) atoms. The van der Waals surface area contributed by atoms with Crippen LogP contribution in [0.3, 0.4) is 0 Å². The Morgan fingerprint density at radius 2 is 2.11 bits per heavy atom. The topological polar surface area (TPSA) is 46.3 Å². The molecule has 0 heterocycles. The molecule has 0 radical (unpaired) electrons. The number of benzene rings is 1. The van der Waals surface area contributed by atoms with Crippen LogP contribution in [0.4, 0.5) is 5.69 Å². The Hall–Kier alpha value is -1.77. The van der Waals surface area contributed by atoms with Crippen molar-refractivity contribution in [3.8, 4) is 0 Å². The molecule has 1 aliphatic rings. The molecule has 1 aromatic carbocycles. The molecule has 0 atom stereocenters. The molecule has 1 fully saturated rings. The summed E-state index contributed by atoms with van der Waals surface area (Å²) in [6.45, 7) is 0. The van der Waals surface area contributed by atoms with E-state index in [1.807, 2.05) is 42.3 Å². The monoisotopic (exact) mass is 244 g/mol. The number of nitrogen functional groups attached to an aromatic ring is 1. The van der Waals surface area contributed by atoms with E-state index in [1.165, 1.54) is 12.8 Å². The lowest BCUT2D eigenvalue weighted by molar-refractivity contribution is -0.126. The van der Waals surface area contributed by atoms with Gasteiger partial charge in [-0.15, -0.1) is 0 Å². The van der Waals surface area contributed by atoms with Gasteiger partial charge in [-0.1, -0.05) is 25.0 Å². The highest BCUT2D eigenvalue weighted by molar-refractivity contribution is 5.91. The molecule has 0 bridgehead atoms. The van der Waals surface area contributed by atoms with Crippen LogP contribution in [-0.2, 0) is 4.79 Å². The van der Waals surface area contributed by atoms with Crippen molar-refractivity contribution in [3.05, 3.63) is 35.9 Å². The molecule has 1 saturated carbocycles. The zero-order chi connectivity index (χ0) is 13.0. The van der Waals surface area contributed by atoms with Crippen LogP contribution < -0.4 is 5.73 Å². The largest absolute Gasteiger partial charge is 0.399 e. The molecule has 1 amide bonds. The predicted octanol–water partition coefficient (Wildman–Crippen LogP) is 2.68. The van der Waals surface area contributed by atoms with Crippen molar-refractivity contribution >= 4 is 17.7 Å². The third-order valence-electron chi connectivity index (χ3n) is 3.55. The molecular formula is C15H20N2O. The Balaban J connectivity index is 1.97. The highest BCUT2D eigenvalue weighted by Gasteiger charge is 2.21. The number of hydrogen-bond donors (Lipinski definition) is 1. The van der Waals surface area contributed by atoms with E-state index in [1.54, 1.807) is 6.08 Å². The minimum atomic E-state index is 0.0734. The Kier molecular flexibility index (Phi) is 4.03.